The van der Waals surface area contributed by atoms with Crippen molar-refractivity contribution in [1.29, 1.82) is 0 Å². The molecule has 2 aromatic rings. The van der Waals surface area contributed by atoms with Crippen molar-refractivity contribution in [3.63, 3.8) is 0 Å². The van der Waals surface area contributed by atoms with Gasteiger partial charge in [-0.2, -0.15) is 0 Å². The van der Waals surface area contributed by atoms with E-state index in [4.69, 9.17) is 9.30 Å². The number of hydrogen-bond donors (Lipinski definition) is 0. The van der Waals surface area contributed by atoms with E-state index < -0.39 is 0 Å². The molecule has 0 bridgehead atoms. The van der Waals surface area contributed by atoms with E-state index in [1.54, 1.807) is 24.8 Å². The molecule has 0 aromatic carbocycles. The van der Waals surface area contributed by atoms with E-state index in [1.807, 2.05) is 36.4 Å². The van der Waals surface area contributed by atoms with E-state index in [0.29, 0.717) is 0 Å². The Labute approximate surface area is 113 Å². The molecule has 0 aliphatic rings. The fourth-order valence-corrected chi connectivity index (χ4v) is 0.625. The van der Waals surface area contributed by atoms with E-state index in [0.717, 1.165) is 0 Å². The molecule has 5 heteroatoms. The Morgan fingerprint density at radius 2 is 0.765 bits per heavy atom. The molecular formula is C12H10N2O2Ru+4. The summed E-state index contributed by atoms with van der Waals surface area (Å²) in [7, 11) is 0. The van der Waals surface area contributed by atoms with Crippen LogP contribution in [0.3, 0.4) is 0 Å². The van der Waals surface area contributed by atoms with Gasteiger partial charge in [0.2, 0.25) is 0 Å². The first-order valence-corrected chi connectivity index (χ1v) is 4.11. The van der Waals surface area contributed by atoms with Gasteiger partial charge in [0.15, 0.2) is 0 Å². The van der Waals surface area contributed by atoms with Crippen LogP contribution >= 0.6 is 0 Å². The van der Waals surface area contributed by atoms with Crippen molar-refractivity contribution < 1.29 is 28.8 Å². The fraction of sp³-hybridized carbons (Fsp3) is 0. The summed E-state index contributed by atoms with van der Waals surface area (Å²) in [5.41, 5.74) is 0. The first-order chi connectivity index (χ1) is 8.00. The first kappa shape index (κ1) is 20.8. The van der Waals surface area contributed by atoms with Crippen molar-refractivity contribution in [3.8, 4) is 0 Å². The van der Waals surface area contributed by atoms with Crippen LogP contribution in [0, 0.1) is 13.3 Å². The van der Waals surface area contributed by atoms with E-state index in [1.165, 1.54) is 0 Å². The quantitative estimate of drug-likeness (QED) is 0.424. The Bertz CT molecular complexity index is 261. The maximum Gasteiger partial charge on any atom is 4.00 e. The van der Waals surface area contributed by atoms with Gasteiger partial charge in [-0.25, -0.2) is 0 Å². The molecule has 0 amide bonds. The molecule has 2 aromatic heterocycles. The third kappa shape index (κ3) is 20.5. The van der Waals surface area contributed by atoms with Gasteiger partial charge >= 0.3 is 42.1 Å². The third-order valence-electron chi connectivity index (χ3n) is 1.13. The van der Waals surface area contributed by atoms with Crippen molar-refractivity contribution >= 4 is 0 Å². The SMILES string of the molecule is [C-]#[O+].[C-]#[O+].[Ru+4].c1ccncc1.c1ccncc1. The van der Waals surface area contributed by atoms with Crippen LogP contribution in [0.5, 0.6) is 0 Å². The Morgan fingerprint density at radius 1 is 0.529 bits per heavy atom. The minimum absolute atomic E-state index is 0. The largest absolute Gasteiger partial charge is 4.00 e. The molecule has 0 atom stereocenters. The van der Waals surface area contributed by atoms with Gasteiger partial charge in [0, 0.05) is 24.8 Å². The Morgan fingerprint density at radius 3 is 0.824 bits per heavy atom. The summed E-state index contributed by atoms with van der Waals surface area (Å²) >= 11 is 0. The normalized spacial score (nSPS) is 5.88. The molecule has 0 saturated carbocycles. The van der Waals surface area contributed by atoms with Crippen LogP contribution in [-0.4, -0.2) is 9.97 Å². The number of nitrogens with zero attached hydrogens (tertiary/aromatic N) is 2. The average Bonchev–Trinajstić information content (AvgIpc) is 2.48. The molecule has 0 unspecified atom stereocenters. The molecule has 4 nitrogen and oxygen atoms in total. The Kier molecular flexibility index (Phi) is 29.2. The standard InChI is InChI=1S/2C5H5N.2CO.Ru/c2*1-2-4-6-5-3-1;2*1-2;/h2*1-5H;;;/q;;;;+4. The topological polar surface area (TPSA) is 65.6 Å². The summed E-state index contributed by atoms with van der Waals surface area (Å²) in [4.78, 5) is 7.57. The van der Waals surface area contributed by atoms with Gasteiger partial charge < -0.3 is 0 Å². The molecule has 0 aliphatic heterocycles. The molecule has 0 fully saturated rings. The Hall–Kier alpha value is -1.60. The molecule has 0 aliphatic carbocycles. The second-order valence-corrected chi connectivity index (χ2v) is 2.05. The van der Waals surface area contributed by atoms with E-state index >= 15 is 0 Å². The van der Waals surface area contributed by atoms with Gasteiger partial charge in [-0.05, 0) is 24.3 Å². The van der Waals surface area contributed by atoms with Crippen molar-refractivity contribution in [3.05, 3.63) is 74.5 Å². The predicted octanol–water partition coefficient (Wildman–Crippen LogP) is 2.09. The van der Waals surface area contributed by atoms with Crippen LogP contribution < -0.4 is 0 Å². The molecule has 0 N–H and O–H groups in total. The van der Waals surface area contributed by atoms with E-state index in [-0.39, 0.29) is 19.5 Å². The molecule has 2 heterocycles. The van der Waals surface area contributed by atoms with Crippen LogP contribution in [0.4, 0.5) is 0 Å². The summed E-state index contributed by atoms with van der Waals surface area (Å²) in [6.45, 7) is 9.00. The van der Waals surface area contributed by atoms with Gasteiger partial charge in [0.05, 0.1) is 0 Å². The third-order valence-corrected chi connectivity index (χ3v) is 1.13. The number of hydrogen-bond acceptors (Lipinski definition) is 2. The van der Waals surface area contributed by atoms with Crippen molar-refractivity contribution in [2.45, 2.75) is 0 Å². The predicted molar refractivity (Wildman–Crippen MR) is 56.3 cm³/mol. The minimum Gasteiger partial charge on any atom is -0.265 e. The van der Waals surface area contributed by atoms with Crippen LogP contribution in [0.25, 0.3) is 0 Å². The summed E-state index contributed by atoms with van der Waals surface area (Å²) in [6.07, 6.45) is 7.00. The van der Waals surface area contributed by atoms with Crippen molar-refractivity contribution in [2.24, 2.45) is 0 Å². The number of pyridine rings is 2. The van der Waals surface area contributed by atoms with Crippen LogP contribution in [0.1, 0.15) is 0 Å². The zero-order valence-electron chi connectivity index (χ0n) is 8.84. The molecule has 84 valence electrons. The molecular weight excluding hydrogens is 305 g/mol. The first-order valence-electron chi connectivity index (χ1n) is 4.11. The summed E-state index contributed by atoms with van der Waals surface area (Å²) < 4.78 is 15.0. The molecule has 0 saturated heterocycles. The van der Waals surface area contributed by atoms with E-state index in [9.17, 15) is 0 Å². The van der Waals surface area contributed by atoms with E-state index in [2.05, 4.69) is 23.3 Å². The maximum atomic E-state index is 7.50. The summed E-state index contributed by atoms with van der Waals surface area (Å²) in [6, 6.07) is 11.4. The van der Waals surface area contributed by atoms with Gasteiger partial charge in [0.25, 0.3) is 0 Å². The van der Waals surface area contributed by atoms with Crippen LogP contribution in [-0.2, 0) is 28.8 Å². The minimum atomic E-state index is 0. The summed E-state index contributed by atoms with van der Waals surface area (Å²) in [5.74, 6) is 0. The fourth-order valence-electron chi connectivity index (χ4n) is 0.625. The number of aromatic nitrogens is 2. The van der Waals surface area contributed by atoms with Crippen LogP contribution in [0.15, 0.2) is 61.2 Å². The van der Waals surface area contributed by atoms with Crippen molar-refractivity contribution in [1.82, 2.24) is 9.97 Å². The summed E-state index contributed by atoms with van der Waals surface area (Å²) in [5, 5.41) is 0. The van der Waals surface area contributed by atoms with Gasteiger partial charge in [-0.15, -0.1) is 0 Å². The molecule has 17 heavy (non-hydrogen) atoms. The van der Waals surface area contributed by atoms with Gasteiger partial charge in [-0.3, -0.25) is 9.97 Å². The molecule has 0 spiro atoms. The van der Waals surface area contributed by atoms with Crippen molar-refractivity contribution in [2.75, 3.05) is 0 Å². The Balaban J connectivity index is -0.000000171. The molecule has 2 rings (SSSR count). The zero-order valence-corrected chi connectivity index (χ0v) is 10.6. The smallest absolute Gasteiger partial charge is 0.265 e. The molecule has 0 radical (unpaired) electrons. The zero-order chi connectivity index (χ0) is 12.5. The second kappa shape index (κ2) is 23.9. The number of rotatable bonds is 0. The van der Waals surface area contributed by atoms with Gasteiger partial charge in [-0.1, -0.05) is 12.1 Å². The second-order valence-electron chi connectivity index (χ2n) is 2.05. The maximum absolute atomic E-state index is 7.50. The monoisotopic (exact) mass is 316 g/mol. The average molecular weight is 315 g/mol. The van der Waals surface area contributed by atoms with Gasteiger partial charge in [0.1, 0.15) is 0 Å². The van der Waals surface area contributed by atoms with Crippen LogP contribution in [0.2, 0.25) is 0 Å².